The largest absolute Gasteiger partial charge is 0.481 e. The predicted molar refractivity (Wildman–Crippen MR) is 177 cm³/mol. The van der Waals surface area contributed by atoms with Gasteiger partial charge in [0.2, 0.25) is 0 Å². The molecule has 2 aliphatic heterocycles. The Labute approximate surface area is 274 Å². The van der Waals surface area contributed by atoms with Crippen molar-refractivity contribution < 1.29 is 39.6 Å². The molecule has 3 aromatic rings. The first kappa shape index (κ1) is 35.5. The van der Waals surface area contributed by atoms with Crippen LogP contribution in [0.5, 0.6) is 0 Å². The van der Waals surface area contributed by atoms with Crippen molar-refractivity contribution >= 4 is 94.1 Å². The van der Waals surface area contributed by atoms with Gasteiger partial charge in [0.05, 0.1) is 22.8 Å². The van der Waals surface area contributed by atoms with Crippen molar-refractivity contribution in [2.24, 2.45) is 0 Å². The molecular formula is C32H32Cl2N4O8. The van der Waals surface area contributed by atoms with Crippen molar-refractivity contribution in [1.29, 1.82) is 0 Å². The zero-order chi connectivity index (χ0) is 31.4. The molecule has 3 aromatic heterocycles. The third-order valence-corrected chi connectivity index (χ3v) is 7.31. The lowest BCUT2D eigenvalue weighted by Gasteiger charge is -1.98. The van der Waals surface area contributed by atoms with Gasteiger partial charge in [0, 0.05) is 47.8 Å². The Hall–Kier alpha value is -4.94. The Morgan fingerprint density at radius 1 is 0.522 bits per heavy atom. The molecule has 8 bridgehead atoms. The topological polar surface area (TPSA) is 207 Å². The van der Waals surface area contributed by atoms with Crippen LogP contribution in [-0.4, -0.2) is 64.2 Å². The number of nitrogens with one attached hydrogen (secondary N) is 2. The number of carboxylic acid groups (broad SMARTS) is 4. The molecule has 0 aliphatic carbocycles. The fourth-order valence-electron chi connectivity index (χ4n) is 5.25. The fourth-order valence-corrected chi connectivity index (χ4v) is 5.25. The fraction of sp³-hybridized carbons (Fsp3) is 0.250. The molecule has 0 unspecified atom stereocenters. The first-order chi connectivity index (χ1) is 21.0. The highest BCUT2D eigenvalue weighted by Gasteiger charge is 2.17. The normalized spacial score (nSPS) is 11.9. The first-order valence-corrected chi connectivity index (χ1v) is 14.1. The summed E-state index contributed by atoms with van der Waals surface area (Å²) in [5, 5.41) is 37.2. The molecule has 0 saturated carbocycles. The highest BCUT2D eigenvalue weighted by atomic mass is 35.5. The number of allylic oxidation sites excluding steroid dienone is 2. The van der Waals surface area contributed by atoms with E-state index in [1.165, 1.54) is 0 Å². The Balaban J connectivity index is 0.00000288. The molecular weight excluding hydrogens is 639 g/mol. The monoisotopic (exact) mass is 670 g/mol. The van der Waals surface area contributed by atoms with Gasteiger partial charge in [0.25, 0.3) is 0 Å². The van der Waals surface area contributed by atoms with Gasteiger partial charge < -0.3 is 30.4 Å². The van der Waals surface area contributed by atoms with Crippen molar-refractivity contribution in [3.8, 4) is 0 Å². The Kier molecular flexibility index (Phi) is 11.9. The highest BCUT2D eigenvalue weighted by Crippen LogP contribution is 2.31. The first-order valence-electron chi connectivity index (χ1n) is 14.1. The van der Waals surface area contributed by atoms with E-state index in [1.54, 1.807) is 30.4 Å². The number of aliphatic carboxylic acids is 4. The summed E-state index contributed by atoms with van der Waals surface area (Å²) in [6.07, 6.45) is 4.18. The second-order valence-corrected chi connectivity index (χ2v) is 10.7. The summed E-state index contributed by atoms with van der Waals surface area (Å²) in [4.78, 5) is 61.6. The van der Waals surface area contributed by atoms with Crippen LogP contribution in [0.25, 0.3) is 45.4 Å². The van der Waals surface area contributed by atoms with Crippen LogP contribution in [0.2, 0.25) is 0 Å². The van der Waals surface area contributed by atoms with E-state index in [2.05, 4.69) is 9.97 Å². The molecule has 242 valence electrons. The Bertz CT molecular complexity index is 1910. The van der Waals surface area contributed by atoms with Crippen molar-refractivity contribution in [1.82, 2.24) is 19.9 Å². The van der Waals surface area contributed by atoms with Crippen molar-refractivity contribution in [2.45, 2.75) is 51.4 Å². The third-order valence-electron chi connectivity index (χ3n) is 7.31. The third kappa shape index (κ3) is 9.05. The average molecular weight is 672 g/mol. The minimum atomic E-state index is -0.950. The lowest BCUT2D eigenvalue weighted by Crippen LogP contribution is -1.96. The Morgan fingerprint density at radius 3 is 1.39 bits per heavy atom. The number of carboxylic acids is 4. The molecule has 0 spiro atoms. The van der Waals surface area contributed by atoms with Crippen molar-refractivity contribution in [3.63, 3.8) is 0 Å². The molecule has 2 aliphatic rings. The van der Waals surface area contributed by atoms with Gasteiger partial charge in [-0.05, 0) is 96.5 Å². The number of aromatic amines is 2. The van der Waals surface area contributed by atoms with E-state index in [1.807, 2.05) is 18.2 Å². The van der Waals surface area contributed by atoms with E-state index in [0.29, 0.717) is 56.0 Å². The second-order valence-electron chi connectivity index (χ2n) is 10.7. The van der Waals surface area contributed by atoms with Crippen LogP contribution in [0, 0.1) is 0 Å². The van der Waals surface area contributed by atoms with Gasteiger partial charge in [-0.15, -0.1) is 24.8 Å². The van der Waals surface area contributed by atoms with Crippen LogP contribution in [0.3, 0.4) is 0 Å². The minimum absolute atomic E-state index is 0. The number of nitrogens with zero attached hydrogens (tertiary/aromatic N) is 2. The smallest absolute Gasteiger partial charge is 0.303 e. The number of fused-ring (bicyclic) bond motifs is 8. The summed E-state index contributed by atoms with van der Waals surface area (Å²) in [6.45, 7) is 0. The zero-order valence-corrected chi connectivity index (χ0v) is 26.0. The molecule has 5 rings (SSSR count). The van der Waals surface area contributed by atoms with Crippen LogP contribution in [-0.2, 0) is 32.0 Å². The molecule has 0 fully saturated rings. The molecule has 0 radical (unpaired) electrons. The number of rotatable bonds is 12. The lowest BCUT2D eigenvalue weighted by atomic mass is 10.1. The summed E-state index contributed by atoms with van der Waals surface area (Å²) in [7, 11) is 0. The van der Waals surface area contributed by atoms with E-state index in [-0.39, 0.29) is 76.2 Å². The molecule has 0 saturated heterocycles. The number of carbonyl (C=O) groups is 4. The summed E-state index contributed by atoms with van der Waals surface area (Å²) < 4.78 is 0. The van der Waals surface area contributed by atoms with E-state index in [4.69, 9.17) is 9.97 Å². The second kappa shape index (κ2) is 15.4. The molecule has 6 N–H and O–H groups in total. The zero-order valence-electron chi connectivity index (χ0n) is 24.4. The van der Waals surface area contributed by atoms with Crippen LogP contribution < -0.4 is 0 Å². The maximum atomic E-state index is 11.4. The van der Waals surface area contributed by atoms with Gasteiger partial charge in [-0.25, -0.2) is 9.97 Å². The van der Waals surface area contributed by atoms with Crippen molar-refractivity contribution in [2.75, 3.05) is 0 Å². The number of H-pyrrole nitrogens is 2. The van der Waals surface area contributed by atoms with Crippen LogP contribution in [0.1, 0.15) is 72.4 Å². The SMILES string of the molecule is Cl.Cl.O=C(O)CCC1=Cc2cc3[nH]c(cc3CCC(=O)O)cc3[nH]c(cc4nc(cc1n2)C=C4CCC(=O)O)cc3CCC(=O)O. The molecule has 46 heavy (non-hydrogen) atoms. The summed E-state index contributed by atoms with van der Waals surface area (Å²) in [5.74, 6) is -3.78. The molecule has 14 heteroatoms. The number of aromatic nitrogens is 4. The Morgan fingerprint density at radius 2 is 0.913 bits per heavy atom. The predicted octanol–water partition coefficient (Wildman–Crippen LogP) is 6.00. The van der Waals surface area contributed by atoms with Crippen molar-refractivity contribution in [3.05, 3.63) is 70.3 Å². The molecule has 0 amide bonds. The van der Waals surface area contributed by atoms with E-state index >= 15 is 0 Å². The van der Waals surface area contributed by atoms with Gasteiger partial charge >= 0.3 is 23.9 Å². The number of hydrogen-bond donors (Lipinski definition) is 6. The van der Waals surface area contributed by atoms with Crippen LogP contribution in [0.4, 0.5) is 0 Å². The highest BCUT2D eigenvalue weighted by molar-refractivity contribution is 5.89. The molecule has 0 aromatic carbocycles. The minimum Gasteiger partial charge on any atom is -0.481 e. The quantitative estimate of drug-likeness (QED) is 0.132. The average Bonchev–Trinajstić information content (AvgIpc) is 3.70. The maximum Gasteiger partial charge on any atom is 0.303 e. The molecule has 12 nitrogen and oxygen atoms in total. The molecule has 5 heterocycles. The van der Waals surface area contributed by atoms with E-state index < -0.39 is 23.9 Å². The molecule has 0 atom stereocenters. The summed E-state index contributed by atoms with van der Waals surface area (Å²) in [6, 6.07) is 10.8. The summed E-state index contributed by atoms with van der Waals surface area (Å²) in [5.41, 5.74) is 7.67. The van der Waals surface area contributed by atoms with Crippen LogP contribution in [0.15, 0.2) is 36.4 Å². The van der Waals surface area contributed by atoms with Crippen LogP contribution >= 0.6 is 24.8 Å². The van der Waals surface area contributed by atoms with Gasteiger partial charge in [0.1, 0.15) is 0 Å². The number of aryl methyl sites for hydroxylation is 2. The maximum absolute atomic E-state index is 11.4. The summed E-state index contributed by atoms with van der Waals surface area (Å²) >= 11 is 0. The van der Waals surface area contributed by atoms with Gasteiger partial charge in [-0.2, -0.15) is 0 Å². The lowest BCUT2D eigenvalue weighted by molar-refractivity contribution is -0.138. The van der Waals surface area contributed by atoms with E-state index in [0.717, 1.165) is 11.1 Å². The standard InChI is InChI=1S/C32H30N4O8.2ClH/c37-29(38)5-1-17-9-21-14-26-19(3-7-31(41)42)11-23(35-26)16-28-20(4-8-32(43)44)12-24(36-28)15-27-18(2-6-30(39)40)10-22(34-27)13-25(17)33-21;;/h9-16,33-34H,1-8H2,(H,37,38)(H,39,40)(H,41,42)(H,43,44);2*1H. The van der Waals surface area contributed by atoms with Gasteiger partial charge in [-0.1, -0.05) is 0 Å². The number of halogens is 2. The van der Waals surface area contributed by atoms with E-state index in [9.17, 15) is 39.6 Å². The number of hydrogen-bond acceptors (Lipinski definition) is 6. The van der Waals surface area contributed by atoms with Gasteiger partial charge in [0.15, 0.2) is 0 Å². The van der Waals surface area contributed by atoms with Gasteiger partial charge in [-0.3, -0.25) is 19.2 Å².